The molecule has 1 aromatic rings. The van der Waals surface area contributed by atoms with Crippen molar-refractivity contribution in [3.05, 3.63) is 28.8 Å². The quantitative estimate of drug-likeness (QED) is 0.846. The highest BCUT2D eigenvalue weighted by molar-refractivity contribution is 6.31. The van der Waals surface area contributed by atoms with E-state index in [1.807, 2.05) is 26.1 Å². The van der Waals surface area contributed by atoms with Crippen molar-refractivity contribution in [1.29, 1.82) is 0 Å². The zero-order valence-corrected chi connectivity index (χ0v) is 14.2. The summed E-state index contributed by atoms with van der Waals surface area (Å²) in [6, 6.07) is 5.62. The van der Waals surface area contributed by atoms with E-state index in [1.165, 1.54) is 19.3 Å². The Morgan fingerprint density at radius 3 is 2.73 bits per heavy atom. The Hall–Kier alpha value is -1.10. The third-order valence-electron chi connectivity index (χ3n) is 4.33. The molecule has 1 aliphatic heterocycles. The minimum absolute atomic E-state index is 0.0357. The van der Waals surface area contributed by atoms with Crippen LogP contribution in [-0.2, 0) is 4.79 Å². The van der Waals surface area contributed by atoms with Crippen molar-refractivity contribution in [2.75, 3.05) is 38.5 Å². The standard InChI is InChI=1S/C17H26ClN3O/c1-13-3-4-15(11-16(13)18)20-17(22)12-21-9-6-14(7-10-21)5-8-19-2/h3-4,11,14,19H,5-10,12H2,1-2H3,(H,20,22). The van der Waals surface area contributed by atoms with E-state index in [2.05, 4.69) is 15.5 Å². The molecule has 1 saturated heterocycles. The second-order valence-electron chi connectivity index (χ2n) is 6.12. The van der Waals surface area contributed by atoms with Crippen molar-refractivity contribution in [2.24, 2.45) is 5.92 Å². The number of hydrogen-bond acceptors (Lipinski definition) is 3. The average molecular weight is 324 g/mol. The Balaban J connectivity index is 1.75. The molecule has 122 valence electrons. The summed E-state index contributed by atoms with van der Waals surface area (Å²) in [5.41, 5.74) is 1.79. The van der Waals surface area contributed by atoms with Gasteiger partial charge in [-0.15, -0.1) is 0 Å². The van der Waals surface area contributed by atoms with Gasteiger partial charge in [0, 0.05) is 10.7 Å². The van der Waals surface area contributed by atoms with Gasteiger partial charge < -0.3 is 10.6 Å². The fourth-order valence-corrected chi connectivity index (χ4v) is 3.04. The molecule has 5 heteroatoms. The number of rotatable bonds is 6. The Morgan fingerprint density at radius 1 is 1.36 bits per heavy atom. The lowest BCUT2D eigenvalue weighted by Crippen LogP contribution is -2.39. The Kier molecular flexibility index (Phi) is 6.68. The molecule has 0 aromatic heterocycles. The first-order chi connectivity index (χ1) is 10.6. The lowest BCUT2D eigenvalue weighted by Gasteiger charge is -2.31. The fourth-order valence-electron chi connectivity index (χ4n) is 2.86. The summed E-state index contributed by atoms with van der Waals surface area (Å²) >= 11 is 6.08. The Labute approximate surface area is 138 Å². The maximum Gasteiger partial charge on any atom is 0.238 e. The number of carbonyl (C=O) groups is 1. The molecule has 4 nitrogen and oxygen atoms in total. The minimum Gasteiger partial charge on any atom is -0.325 e. The van der Waals surface area contributed by atoms with Gasteiger partial charge in [0.05, 0.1) is 6.54 Å². The van der Waals surface area contributed by atoms with Crippen molar-refractivity contribution in [2.45, 2.75) is 26.2 Å². The molecule has 0 radical (unpaired) electrons. The fraction of sp³-hybridized carbons (Fsp3) is 0.588. The molecule has 0 unspecified atom stereocenters. The first-order valence-corrected chi connectivity index (χ1v) is 8.39. The number of carbonyl (C=O) groups excluding carboxylic acids is 1. The number of halogens is 1. The van der Waals surface area contributed by atoms with E-state index in [1.54, 1.807) is 6.07 Å². The molecule has 0 aliphatic carbocycles. The van der Waals surface area contributed by atoms with Crippen LogP contribution in [-0.4, -0.2) is 44.0 Å². The van der Waals surface area contributed by atoms with E-state index in [0.29, 0.717) is 11.6 Å². The van der Waals surface area contributed by atoms with Crippen LogP contribution in [0.1, 0.15) is 24.8 Å². The van der Waals surface area contributed by atoms with Crippen LogP contribution in [0.15, 0.2) is 18.2 Å². The molecular formula is C17H26ClN3O. The van der Waals surface area contributed by atoms with E-state index in [0.717, 1.165) is 36.8 Å². The number of nitrogens with zero attached hydrogens (tertiary/aromatic N) is 1. The molecule has 1 aromatic carbocycles. The predicted octanol–water partition coefficient (Wildman–Crippen LogP) is 2.91. The molecule has 22 heavy (non-hydrogen) atoms. The van der Waals surface area contributed by atoms with Gasteiger partial charge in [-0.2, -0.15) is 0 Å². The van der Waals surface area contributed by atoms with Crippen molar-refractivity contribution >= 4 is 23.2 Å². The largest absolute Gasteiger partial charge is 0.325 e. The first-order valence-electron chi connectivity index (χ1n) is 8.01. The Bertz CT molecular complexity index is 499. The SMILES string of the molecule is CNCCC1CCN(CC(=O)Nc2ccc(C)c(Cl)c2)CC1. The van der Waals surface area contributed by atoms with Crippen LogP contribution in [0.5, 0.6) is 0 Å². The average Bonchev–Trinajstić information content (AvgIpc) is 2.50. The van der Waals surface area contributed by atoms with Crippen LogP contribution in [0, 0.1) is 12.8 Å². The van der Waals surface area contributed by atoms with Gasteiger partial charge in [0.1, 0.15) is 0 Å². The van der Waals surface area contributed by atoms with Gasteiger partial charge in [0.2, 0.25) is 5.91 Å². The predicted molar refractivity (Wildman–Crippen MR) is 92.5 cm³/mol. The summed E-state index contributed by atoms with van der Waals surface area (Å²) in [4.78, 5) is 14.4. The molecule has 0 saturated carbocycles. The first kappa shape index (κ1) is 17.3. The highest BCUT2D eigenvalue weighted by Gasteiger charge is 2.20. The monoisotopic (exact) mass is 323 g/mol. The normalized spacial score (nSPS) is 16.7. The number of piperidine rings is 1. The highest BCUT2D eigenvalue weighted by Crippen LogP contribution is 2.21. The summed E-state index contributed by atoms with van der Waals surface area (Å²) in [6.07, 6.45) is 3.61. The highest BCUT2D eigenvalue weighted by atomic mass is 35.5. The van der Waals surface area contributed by atoms with Crippen molar-refractivity contribution in [3.8, 4) is 0 Å². The van der Waals surface area contributed by atoms with Crippen molar-refractivity contribution in [3.63, 3.8) is 0 Å². The third kappa shape index (κ3) is 5.27. The maximum absolute atomic E-state index is 12.1. The van der Waals surface area contributed by atoms with E-state index in [9.17, 15) is 4.79 Å². The van der Waals surface area contributed by atoms with Gasteiger partial charge in [-0.25, -0.2) is 0 Å². The summed E-state index contributed by atoms with van der Waals surface area (Å²) in [5, 5.41) is 6.82. The van der Waals surface area contributed by atoms with E-state index >= 15 is 0 Å². The summed E-state index contributed by atoms with van der Waals surface area (Å²) in [5.74, 6) is 0.830. The number of likely N-dealkylation sites (tertiary alicyclic amines) is 1. The van der Waals surface area contributed by atoms with E-state index < -0.39 is 0 Å². The number of nitrogens with one attached hydrogen (secondary N) is 2. The topological polar surface area (TPSA) is 44.4 Å². The lowest BCUT2D eigenvalue weighted by molar-refractivity contribution is -0.117. The molecule has 2 rings (SSSR count). The molecule has 1 aliphatic rings. The van der Waals surface area contributed by atoms with Crippen LogP contribution >= 0.6 is 11.6 Å². The molecule has 0 bridgehead atoms. The third-order valence-corrected chi connectivity index (χ3v) is 4.74. The number of hydrogen-bond donors (Lipinski definition) is 2. The van der Waals surface area contributed by atoms with Crippen molar-refractivity contribution in [1.82, 2.24) is 10.2 Å². The zero-order chi connectivity index (χ0) is 15.9. The van der Waals surface area contributed by atoms with Crippen LogP contribution in [0.2, 0.25) is 5.02 Å². The zero-order valence-electron chi connectivity index (χ0n) is 13.5. The summed E-state index contributed by atoms with van der Waals surface area (Å²) in [7, 11) is 2.00. The molecule has 2 N–H and O–H groups in total. The van der Waals surface area contributed by atoms with Gasteiger partial charge >= 0.3 is 0 Å². The summed E-state index contributed by atoms with van der Waals surface area (Å²) in [6.45, 7) is 5.52. The second kappa shape index (κ2) is 8.51. The Morgan fingerprint density at radius 2 is 2.09 bits per heavy atom. The van der Waals surface area contributed by atoms with Gasteiger partial charge in [0.25, 0.3) is 0 Å². The summed E-state index contributed by atoms with van der Waals surface area (Å²) < 4.78 is 0. The van der Waals surface area contributed by atoms with E-state index in [-0.39, 0.29) is 5.91 Å². The maximum atomic E-state index is 12.1. The lowest BCUT2D eigenvalue weighted by atomic mass is 9.93. The number of anilines is 1. The van der Waals surface area contributed by atoms with Gasteiger partial charge in [-0.3, -0.25) is 9.69 Å². The second-order valence-corrected chi connectivity index (χ2v) is 6.53. The molecule has 0 atom stereocenters. The van der Waals surface area contributed by atoms with Crippen molar-refractivity contribution < 1.29 is 4.79 Å². The minimum atomic E-state index is 0.0357. The molecule has 0 spiro atoms. The molecule has 1 amide bonds. The smallest absolute Gasteiger partial charge is 0.238 e. The molecule has 1 fully saturated rings. The van der Waals surface area contributed by atoms with Crippen LogP contribution in [0.25, 0.3) is 0 Å². The number of aryl methyl sites for hydroxylation is 1. The number of amides is 1. The number of benzene rings is 1. The van der Waals surface area contributed by atoms with E-state index in [4.69, 9.17) is 11.6 Å². The van der Waals surface area contributed by atoms with Gasteiger partial charge in [0.15, 0.2) is 0 Å². The van der Waals surface area contributed by atoms with Crippen LogP contribution in [0.3, 0.4) is 0 Å². The van der Waals surface area contributed by atoms with Crippen LogP contribution in [0.4, 0.5) is 5.69 Å². The van der Waals surface area contributed by atoms with Crippen LogP contribution < -0.4 is 10.6 Å². The molecular weight excluding hydrogens is 298 g/mol. The van der Waals surface area contributed by atoms with Gasteiger partial charge in [-0.05, 0) is 76.5 Å². The molecule has 1 heterocycles. The van der Waals surface area contributed by atoms with Gasteiger partial charge in [-0.1, -0.05) is 17.7 Å².